The molecule has 1 spiro atoms. The van der Waals surface area contributed by atoms with Crippen LogP contribution in [0, 0.1) is 5.41 Å². The van der Waals surface area contributed by atoms with Crippen LogP contribution in [0.4, 0.5) is 0 Å². The Morgan fingerprint density at radius 1 is 0.952 bits per heavy atom. The van der Waals surface area contributed by atoms with Crippen molar-refractivity contribution < 1.29 is 0 Å². The Morgan fingerprint density at radius 2 is 1.67 bits per heavy atom. The van der Waals surface area contributed by atoms with E-state index in [1.807, 2.05) is 0 Å². The predicted molar refractivity (Wildman–Crippen MR) is 87.3 cm³/mol. The fraction of sp³-hybridized carbons (Fsp3) is 0.684. The number of rotatable bonds is 2. The van der Waals surface area contributed by atoms with Crippen molar-refractivity contribution in [2.75, 3.05) is 19.6 Å². The summed E-state index contributed by atoms with van der Waals surface area (Å²) >= 11 is 0. The maximum atomic E-state index is 3.52. The van der Waals surface area contributed by atoms with E-state index in [1.54, 1.807) is 5.56 Å². The number of hydrogen-bond acceptors (Lipinski definition) is 2. The van der Waals surface area contributed by atoms with Crippen LogP contribution in [0.25, 0.3) is 0 Å². The Kier molecular flexibility index (Phi) is 3.76. The molecule has 2 aliphatic heterocycles. The van der Waals surface area contributed by atoms with Gasteiger partial charge in [-0.15, -0.1) is 0 Å². The van der Waals surface area contributed by atoms with E-state index in [1.165, 1.54) is 64.6 Å². The third-order valence-electron chi connectivity index (χ3n) is 6.15. The van der Waals surface area contributed by atoms with Gasteiger partial charge in [-0.3, -0.25) is 4.90 Å². The normalized spacial score (nSPS) is 30.2. The molecule has 1 atom stereocenters. The summed E-state index contributed by atoms with van der Waals surface area (Å²) in [7, 11) is 0. The molecule has 0 amide bonds. The molecule has 1 aromatic carbocycles. The maximum Gasteiger partial charge on any atom is 0.0419 e. The van der Waals surface area contributed by atoms with Crippen molar-refractivity contribution in [2.24, 2.45) is 5.41 Å². The van der Waals surface area contributed by atoms with E-state index in [9.17, 15) is 0 Å². The Morgan fingerprint density at radius 3 is 2.38 bits per heavy atom. The SMILES string of the molecule is c1ccc([C@H]2N(C3CCNCC3)CC23CCCCC3)cc1. The fourth-order valence-electron chi connectivity index (χ4n) is 5.13. The fourth-order valence-corrected chi connectivity index (χ4v) is 5.13. The van der Waals surface area contributed by atoms with Gasteiger partial charge < -0.3 is 5.32 Å². The first kappa shape index (κ1) is 13.8. The van der Waals surface area contributed by atoms with Crippen LogP contribution >= 0.6 is 0 Å². The van der Waals surface area contributed by atoms with E-state index in [4.69, 9.17) is 0 Å². The molecule has 4 rings (SSSR count). The lowest BCUT2D eigenvalue weighted by Gasteiger charge is -2.62. The van der Waals surface area contributed by atoms with Crippen molar-refractivity contribution in [1.82, 2.24) is 10.2 Å². The third-order valence-corrected chi connectivity index (χ3v) is 6.15. The molecule has 0 unspecified atom stereocenters. The van der Waals surface area contributed by atoms with Crippen molar-refractivity contribution in [1.29, 1.82) is 0 Å². The lowest BCUT2D eigenvalue weighted by molar-refractivity contribution is -0.129. The molecular weight excluding hydrogens is 256 g/mol. The summed E-state index contributed by atoms with van der Waals surface area (Å²) < 4.78 is 0. The Hall–Kier alpha value is -0.860. The molecule has 0 radical (unpaired) electrons. The van der Waals surface area contributed by atoms with Gasteiger partial charge in [-0.05, 0) is 44.3 Å². The van der Waals surface area contributed by atoms with Crippen LogP contribution in [0.15, 0.2) is 30.3 Å². The van der Waals surface area contributed by atoms with Gasteiger partial charge in [0.15, 0.2) is 0 Å². The minimum absolute atomic E-state index is 0.602. The van der Waals surface area contributed by atoms with Gasteiger partial charge in [-0.25, -0.2) is 0 Å². The summed E-state index contributed by atoms with van der Waals surface area (Å²) in [6.07, 6.45) is 9.92. The second kappa shape index (κ2) is 5.73. The van der Waals surface area contributed by atoms with Crippen LogP contribution in [0.2, 0.25) is 0 Å². The van der Waals surface area contributed by atoms with Crippen molar-refractivity contribution in [3.8, 4) is 0 Å². The molecule has 3 fully saturated rings. The standard InChI is InChI=1S/C19H28N2/c1-3-7-16(8-4-1)18-19(11-5-2-6-12-19)15-21(18)17-9-13-20-14-10-17/h1,3-4,7-8,17-18,20H,2,5-6,9-15H2/t18-/m1/s1. The summed E-state index contributed by atoms with van der Waals surface area (Å²) in [5.74, 6) is 0. The lowest BCUT2D eigenvalue weighted by atomic mass is 9.60. The Bertz CT molecular complexity index is 458. The minimum Gasteiger partial charge on any atom is -0.317 e. The van der Waals surface area contributed by atoms with Crippen molar-refractivity contribution >= 4 is 0 Å². The molecule has 0 aromatic heterocycles. The van der Waals surface area contributed by atoms with Gasteiger partial charge >= 0.3 is 0 Å². The summed E-state index contributed by atoms with van der Waals surface area (Å²) in [6.45, 7) is 3.77. The number of benzene rings is 1. The monoisotopic (exact) mass is 284 g/mol. The highest BCUT2D eigenvalue weighted by Gasteiger charge is 2.54. The molecule has 2 heterocycles. The van der Waals surface area contributed by atoms with Crippen LogP contribution < -0.4 is 5.32 Å². The van der Waals surface area contributed by atoms with E-state index in [0.717, 1.165) is 6.04 Å². The van der Waals surface area contributed by atoms with Gasteiger partial charge in [0, 0.05) is 24.0 Å². The highest BCUT2D eigenvalue weighted by atomic mass is 15.3. The smallest absolute Gasteiger partial charge is 0.0419 e. The lowest BCUT2D eigenvalue weighted by Crippen LogP contribution is -2.63. The first-order valence-corrected chi connectivity index (χ1v) is 8.90. The largest absolute Gasteiger partial charge is 0.317 e. The van der Waals surface area contributed by atoms with Crippen molar-refractivity contribution in [2.45, 2.75) is 57.0 Å². The average Bonchev–Trinajstić information content (AvgIpc) is 2.55. The summed E-state index contributed by atoms with van der Waals surface area (Å²) in [6, 6.07) is 12.9. The molecule has 1 saturated carbocycles. The first-order chi connectivity index (χ1) is 10.4. The van der Waals surface area contributed by atoms with Gasteiger partial charge in [0.05, 0.1) is 0 Å². The van der Waals surface area contributed by atoms with Gasteiger partial charge in [0.1, 0.15) is 0 Å². The van der Waals surface area contributed by atoms with Gasteiger partial charge in [-0.2, -0.15) is 0 Å². The summed E-state index contributed by atoms with van der Waals surface area (Å²) in [5.41, 5.74) is 2.17. The number of likely N-dealkylation sites (tertiary alicyclic amines) is 1. The van der Waals surface area contributed by atoms with Gasteiger partial charge in [0.2, 0.25) is 0 Å². The number of piperidine rings is 1. The summed E-state index contributed by atoms with van der Waals surface area (Å²) in [4.78, 5) is 2.85. The van der Waals surface area contributed by atoms with Crippen molar-refractivity contribution in [3.05, 3.63) is 35.9 Å². The van der Waals surface area contributed by atoms with Gasteiger partial charge in [-0.1, -0.05) is 49.6 Å². The highest BCUT2D eigenvalue weighted by molar-refractivity contribution is 5.26. The van der Waals surface area contributed by atoms with Crippen LogP contribution in [-0.4, -0.2) is 30.6 Å². The maximum absolute atomic E-state index is 3.52. The second-order valence-electron chi connectivity index (χ2n) is 7.39. The third kappa shape index (κ3) is 2.43. The van der Waals surface area contributed by atoms with E-state index in [-0.39, 0.29) is 0 Å². The molecule has 1 aromatic rings. The number of nitrogens with one attached hydrogen (secondary N) is 1. The van der Waals surface area contributed by atoms with E-state index in [0.29, 0.717) is 11.5 Å². The Balaban J connectivity index is 1.60. The minimum atomic E-state index is 0.602. The molecule has 1 N–H and O–H groups in total. The zero-order valence-corrected chi connectivity index (χ0v) is 13.1. The second-order valence-corrected chi connectivity index (χ2v) is 7.39. The number of hydrogen-bond donors (Lipinski definition) is 1. The predicted octanol–water partition coefficient (Wildman–Crippen LogP) is 3.75. The van der Waals surface area contributed by atoms with Crippen LogP contribution in [-0.2, 0) is 0 Å². The van der Waals surface area contributed by atoms with Crippen LogP contribution in [0.5, 0.6) is 0 Å². The molecule has 3 aliphatic rings. The van der Waals surface area contributed by atoms with E-state index in [2.05, 4.69) is 40.5 Å². The summed E-state index contributed by atoms with van der Waals surface area (Å²) in [5, 5.41) is 3.52. The molecule has 21 heavy (non-hydrogen) atoms. The zero-order valence-electron chi connectivity index (χ0n) is 13.1. The zero-order chi connectivity index (χ0) is 14.1. The van der Waals surface area contributed by atoms with Crippen molar-refractivity contribution in [3.63, 3.8) is 0 Å². The topological polar surface area (TPSA) is 15.3 Å². The molecule has 1 aliphatic carbocycles. The molecule has 2 heteroatoms. The van der Waals surface area contributed by atoms with E-state index < -0.39 is 0 Å². The first-order valence-electron chi connectivity index (χ1n) is 8.90. The molecule has 2 saturated heterocycles. The van der Waals surface area contributed by atoms with Gasteiger partial charge in [0.25, 0.3) is 0 Å². The van der Waals surface area contributed by atoms with Crippen LogP contribution in [0.1, 0.15) is 56.6 Å². The molecular formula is C19H28N2. The molecule has 114 valence electrons. The van der Waals surface area contributed by atoms with Crippen LogP contribution in [0.3, 0.4) is 0 Å². The van der Waals surface area contributed by atoms with E-state index >= 15 is 0 Å². The quantitative estimate of drug-likeness (QED) is 0.890. The Labute approximate surface area is 128 Å². The molecule has 2 nitrogen and oxygen atoms in total. The number of nitrogens with zero attached hydrogens (tertiary/aromatic N) is 1. The molecule has 0 bridgehead atoms. The average molecular weight is 284 g/mol. The highest BCUT2D eigenvalue weighted by Crippen LogP contribution is 2.58.